The molecule has 21 heavy (non-hydrogen) atoms. The average molecular weight is 303 g/mol. The number of ether oxygens (including phenoxy) is 1. The molecule has 2 aromatic rings. The minimum Gasteiger partial charge on any atom is -0.381 e. The first-order chi connectivity index (χ1) is 10.2. The van der Waals surface area contributed by atoms with Crippen LogP contribution in [-0.4, -0.2) is 37.1 Å². The number of nitrogens with zero attached hydrogens (tertiary/aromatic N) is 1. The number of benzene rings is 1. The summed E-state index contributed by atoms with van der Waals surface area (Å²) < 4.78 is 6.93. The van der Waals surface area contributed by atoms with Crippen molar-refractivity contribution in [3.05, 3.63) is 35.2 Å². The van der Waals surface area contributed by atoms with Crippen LogP contribution < -0.4 is 0 Å². The van der Waals surface area contributed by atoms with Crippen LogP contribution in [0, 0.1) is 5.92 Å². The maximum atomic E-state index is 11.8. The molecule has 3 rings (SSSR count). The summed E-state index contributed by atoms with van der Waals surface area (Å²) >= 11 is 1.77. The molecule has 4 heteroatoms. The Labute approximate surface area is 129 Å². The molecule has 2 heterocycles. The monoisotopic (exact) mass is 303 g/mol. The number of carbonyl (C=O) groups is 1. The number of likely N-dealkylation sites (tertiary alicyclic amines) is 1. The second-order valence-electron chi connectivity index (χ2n) is 5.81. The molecule has 1 aliphatic heterocycles. The lowest BCUT2D eigenvalue weighted by Crippen LogP contribution is -2.48. The van der Waals surface area contributed by atoms with Gasteiger partial charge in [0.15, 0.2) is 0 Å². The molecule has 1 fully saturated rings. The lowest BCUT2D eigenvalue weighted by molar-refractivity contribution is -0.138. The van der Waals surface area contributed by atoms with Crippen LogP contribution in [0.2, 0.25) is 0 Å². The molecule has 0 atom stereocenters. The summed E-state index contributed by atoms with van der Waals surface area (Å²) in [6.07, 6.45) is 1.41. The summed E-state index contributed by atoms with van der Waals surface area (Å²) in [5.74, 6) is 0.898. The van der Waals surface area contributed by atoms with Crippen LogP contribution >= 0.6 is 11.3 Å². The van der Waals surface area contributed by atoms with Crippen LogP contribution in [0.1, 0.15) is 18.9 Å². The van der Waals surface area contributed by atoms with Gasteiger partial charge >= 0.3 is 0 Å². The van der Waals surface area contributed by atoms with Crippen molar-refractivity contribution in [3.63, 3.8) is 0 Å². The van der Waals surface area contributed by atoms with Gasteiger partial charge in [0.2, 0.25) is 5.91 Å². The molecule has 1 aromatic carbocycles. The van der Waals surface area contributed by atoms with E-state index in [0.717, 1.165) is 19.5 Å². The van der Waals surface area contributed by atoms with E-state index in [1.165, 1.54) is 15.6 Å². The topological polar surface area (TPSA) is 29.5 Å². The van der Waals surface area contributed by atoms with E-state index in [1.807, 2.05) is 4.90 Å². The van der Waals surface area contributed by atoms with Gasteiger partial charge in [-0.2, -0.15) is 0 Å². The van der Waals surface area contributed by atoms with Crippen molar-refractivity contribution >= 4 is 27.3 Å². The van der Waals surface area contributed by atoms with Crippen molar-refractivity contribution in [2.45, 2.75) is 19.8 Å². The maximum Gasteiger partial charge on any atom is 0.224 e. The van der Waals surface area contributed by atoms with E-state index in [2.05, 4.69) is 36.6 Å². The fraction of sp³-hybridized carbons (Fsp3) is 0.471. The van der Waals surface area contributed by atoms with E-state index in [-0.39, 0.29) is 5.91 Å². The molecule has 0 unspecified atom stereocenters. The van der Waals surface area contributed by atoms with E-state index < -0.39 is 0 Å². The predicted molar refractivity (Wildman–Crippen MR) is 86.7 cm³/mol. The van der Waals surface area contributed by atoms with Crippen LogP contribution in [0.3, 0.4) is 0 Å². The van der Waals surface area contributed by atoms with Crippen LogP contribution in [-0.2, 0) is 16.0 Å². The number of hydrogen-bond acceptors (Lipinski definition) is 3. The fourth-order valence-electron chi connectivity index (χ4n) is 2.68. The van der Waals surface area contributed by atoms with E-state index in [0.29, 0.717) is 25.6 Å². The normalized spacial score (nSPS) is 15.4. The SMILES string of the molecule is CC1CN(C(=O)CCOCCc2ccc3sccc3c2)C1. The Bertz CT molecular complexity index is 616. The Kier molecular flexibility index (Phi) is 4.56. The molecule has 1 amide bonds. The summed E-state index contributed by atoms with van der Waals surface area (Å²) in [7, 11) is 0. The number of hydrogen-bond donors (Lipinski definition) is 0. The van der Waals surface area contributed by atoms with Gasteiger partial charge in [0.1, 0.15) is 0 Å². The first kappa shape index (κ1) is 14.5. The summed E-state index contributed by atoms with van der Waals surface area (Å²) in [5, 5.41) is 3.42. The van der Waals surface area contributed by atoms with Crippen molar-refractivity contribution < 1.29 is 9.53 Å². The minimum atomic E-state index is 0.229. The number of fused-ring (bicyclic) bond motifs is 1. The van der Waals surface area contributed by atoms with Crippen molar-refractivity contribution in [1.29, 1.82) is 0 Å². The van der Waals surface area contributed by atoms with Gasteiger partial charge in [0.05, 0.1) is 19.6 Å². The Balaban J connectivity index is 1.35. The van der Waals surface area contributed by atoms with E-state index in [1.54, 1.807) is 11.3 Å². The average Bonchev–Trinajstić information content (AvgIpc) is 2.91. The highest BCUT2D eigenvalue weighted by molar-refractivity contribution is 7.17. The smallest absolute Gasteiger partial charge is 0.224 e. The van der Waals surface area contributed by atoms with Crippen molar-refractivity contribution in [3.8, 4) is 0 Å². The number of thiophene rings is 1. The molecular formula is C17H21NO2S. The lowest BCUT2D eigenvalue weighted by Gasteiger charge is -2.37. The third kappa shape index (κ3) is 3.63. The largest absolute Gasteiger partial charge is 0.381 e. The van der Waals surface area contributed by atoms with Crippen LogP contribution in [0.4, 0.5) is 0 Å². The molecule has 1 aromatic heterocycles. The van der Waals surface area contributed by atoms with E-state index >= 15 is 0 Å². The van der Waals surface area contributed by atoms with Gasteiger partial charge in [0.25, 0.3) is 0 Å². The molecule has 3 nitrogen and oxygen atoms in total. The minimum absolute atomic E-state index is 0.229. The Morgan fingerprint density at radius 1 is 1.33 bits per heavy atom. The van der Waals surface area contributed by atoms with Crippen molar-refractivity contribution in [1.82, 2.24) is 4.90 Å². The Morgan fingerprint density at radius 3 is 3.00 bits per heavy atom. The number of rotatable bonds is 6. The Hall–Kier alpha value is -1.39. The van der Waals surface area contributed by atoms with Gasteiger partial charge in [-0.25, -0.2) is 0 Å². The molecule has 0 bridgehead atoms. The highest BCUT2D eigenvalue weighted by Crippen LogP contribution is 2.22. The van der Waals surface area contributed by atoms with Crippen LogP contribution in [0.5, 0.6) is 0 Å². The second-order valence-corrected chi connectivity index (χ2v) is 6.76. The summed E-state index contributed by atoms with van der Waals surface area (Å²) in [6.45, 7) is 5.22. The fourth-order valence-corrected chi connectivity index (χ4v) is 3.45. The molecule has 0 spiro atoms. The summed E-state index contributed by atoms with van der Waals surface area (Å²) in [4.78, 5) is 13.7. The standard InChI is InChI=1S/C17H21NO2S/c1-13-11-18(12-13)17(19)5-8-20-7-4-14-2-3-16-15(10-14)6-9-21-16/h2-3,6,9-10,13H,4-5,7-8,11-12H2,1H3. The lowest BCUT2D eigenvalue weighted by atomic mass is 10.0. The van der Waals surface area contributed by atoms with Gasteiger partial charge in [-0.05, 0) is 40.8 Å². The quantitative estimate of drug-likeness (QED) is 0.766. The third-order valence-corrected chi connectivity index (χ3v) is 4.83. The maximum absolute atomic E-state index is 11.8. The van der Waals surface area contributed by atoms with Gasteiger partial charge < -0.3 is 9.64 Å². The van der Waals surface area contributed by atoms with Crippen molar-refractivity contribution in [2.75, 3.05) is 26.3 Å². The molecule has 0 saturated carbocycles. The highest BCUT2D eigenvalue weighted by atomic mass is 32.1. The molecule has 0 radical (unpaired) electrons. The number of amides is 1. The van der Waals surface area contributed by atoms with E-state index in [4.69, 9.17) is 4.74 Å². The molecule has 112 valence electrons. The molecular weight excluding hydrogens is 282 g/mol. The zero-order valence-electron chi connectivity index (χ0n) is 12.4. The van der Waals surface area contributed by atoms with Crippen LogP contribution in [0.25, 0.3) is 10.1 Å². The highest BCUT2D eigenvalue weighted by Gasteiger charge is 2.26. The molecule has 0 N–H and O–H groups in total. The van der Waals surface area contributed by atoms with Gasteiger partial charge in [-0.15, -0.1) is 11.3 Å². The van der Waals surface area contributed by atoms with E-state index in [9.17, 15) is 4.79 Å². The number of carbonyl (C=O) groups excluding carboxylic acids is 1. The Morgan fingerprint density at radius 2 is 2.19 bits per heavy atom. The molecule has 1 saturated heterocycles. The zero-order chi connectivity index (χ0) is 14.7. The predicted octanol–water partition coefficient (Wildman–Crippen LogP) is 3.33. The van der Waals surface area contributed by atoms with Gasteiger partial charge in [0, 0.05) is 17.8 Å². The third-order valence-electron chi connectivity index (χ3n) is 3.93. The van der Waals surface area contributed by atoms with Crippen LogP contribution in [0.15, 0.2) is 29.6 Å². The first-order valence-corrected chi connectivity index (χ1v) is 8.42. The van der Waals surface area contributed by atoms with Gasteiger partial charge in [-0.3, -0.25) is 4.79 Å². The summed E-state index contributed by atoms with van der Waals surface area (Å²) in [6, 6.07) is 8.71. The van der Waals surface area contributed by atoms with Crippen molar-refractivity contribution in [2.24, 2.45) is 5.92 Å². The second kappa shape index (κ2) is 6.58. The first-order valence-electron chi connectivity index (χ1n) is 7.54. The zero-order valence-corrected chi connectivity index (χ0v) is 13.2. The molecule has 1 aliphatic rings. The molecule has 0 aliphatic carbocycles. The van der Waals surface area contributed by atoms with Gasteiger partial charge in [-0.1, -0.05) is 19.1 Å². The summed E-state index contributed by atoms with van der Waals surface area (Å²) in [5.41, 5.74) is 1.30.